The first-order chi connectivity index (χ1) is 7.66. The number of hydrogen-bond acceptors (Lipinski definition) is 6. The molecule has 2 heterocycles. The molecule has 7 heteroatoms. The summed E-state index contributed by atoms with van der Waals surface area (Å²) in [5.74, 6) is -0.290. The zero-order chi connectivity index (χ0) is 11.5. The van der Waals surface area contributed by atoms with Gasteiger partial charge in [-0.25, -0.2) is 9.78 Å². The number of nitrogens with zero attached hydrogens (tertiary/aromatic N) is 5. The van der Waals surface area contributed by atoms with Crippen LogP contribution >= 0.6 is 0 Å². The van der Waals surface area contributed by atoms with E-state index in [1.165, 1.54) is 12.3 Å². The summed E-state index contributed by atoms with van der Waals surface area (Å²) in [4.78, 5) is 14.3. The second-order valence-electron chi connectivity index (χ2n) is 3.01. The van der Waals surface area contributed by atoms with Crippen molar-refractivity contribution in [1.29, 1.82) is 0 Å². The van der Waals surface area contributed by atoms with Gasteiger partial charge in [0.2, 0.25) is 5.82 Å². The van der Waals surface area contributed by atoms with Gasteiger partial charge >= 0.3 is 5.97 Å². The van der Waals surface area contributed by atoms with Crippen molar-refractivity contribution in [2.24, 2.45) is 0 Å². The van der Waals surface area contributed by atoms with Crippen LogP contribution in [0.1, 0.15) is 16.3 Å². The van der Waals surface area contributed by atoms with Gasteiger partial charge in [-0.2, -0.15) is 0 Å². The van der Waals surface area contributed by atoms with Crippen molar-refractivity contribution in [1.82, 2.24) is 25.4 Å². The molecule has 0 unspecified atom stereocenters. The summed E-state index contributed by atoms with van der Waals surface area (Å²) in [5.41, 5.74) is 0.543. The van der Waals surface area contributed by atoms with Crippen LogP contribution in [-0.4, -0.2) is 36.5 Å². The average molecular weight is 217 g/mol. The molecule has 0 saturated carbocycles. The van der Waals surface area contributed by atoms with Gasteiger partial charge in [0.15, 0.2) is 5.82 Å². The van der Waals surface area contributed by atoms with Crippen LogP contribution in [0.25, 0.3) is 11.4 Å². The van der Waals surface area contributed by atoms with E-state index >= 15 is 0 Å². The molecule has 0 bridgehead atoms. The third kappa shape index (κ3) is 1.97. The van der Waals surface area contributed by atoms with Gasteiger partial charge in [-0.15, -0.1) is 20.4 Å². The molecule has 1 N–H and O–H groups in total. The molecular weight excluding hydrogens is 210 g/mol. The predicted octanol–water partition coefficient (Wildman–Crippen LogP) is 0.335. The Balaban J connectivity index is 2.34. The van der Waals surface area contributed by atoms with Crippen LogP contribution in [0.5, 0.6) is 0 Å². The summed E-state index contributed by atoms with van der Waals surface area (Å²) < 4.78 is 0. The molecule has 0 amide bonds. The lowest BCUT2D eigenvalue weighted by Crippen LogP contribution is -2.02. The smallest absolute Gasteiger partial charge is 0.354 e. The molecule has 2 rings (SSSR count). The maximum atomic E-state index is 10.6. The van der Waals surface area contributed by atoms with Crippen molar-refractivity contribution in [3.63, 3.8) is 0 Å². The molecule has 2 aromatic rings. The Morgan fingerprint density at radius 1 is 1.19 bits per heavy atom. The molecule has 2 aromatic heterocycles. The highest BCUT2D eigenvalue weighted by Gasteiger charge is 2.07. The molecule has 0 aliphatic rings. The van der Waals surface area contributed by atoms with Gasteiger partial charge in [-0.05, 0) is 19.1 Å². The number of carbonyl (C=O) groups is 1. The Kier molecular flexibility index (Phi) is 2.50. The number of aromatic nitrogens is 5. The molecule has 0 spiro atoms. The summed E-state index contributed by atoms with van der Waals surface area (Å²) in [5, 5.41) is 23.8. The number of aryl methyl sites for hydroxylation is 1. The van der Waals surface area contributed by atoms with E-state index in [2.05, 4.69) is 25.4 Å². The summed E-state index contributed by atoms with van der Waals surface area (Å²) in [6.07, 6.45) is 1.37. The van der Waals surface area contributed by atoms with Crippen LogP contribution in [-0.2, 0) is 0 Å². The number of aromatic carboxylic acids is 1. The van der Waals surface area contributed by atoms with Gasteiger partial charge in [-0.3, -0.25) is 0 Å². The largest absolute Gasteiger partial charge is 0.477 e. The number of rotatable bonds is 2. The van der Waals surface area contributed by atoms with Crippen molar-refractivity contribution < 1.29 is 9.90 Å². The second kappa shape index (κ2) is 3.97. The number of pyridine rings is 1. The van der Waals surface area contributed by atoms with Gasteiger partial charge in [0.05, 0.1) is 0 Å². The van der Waals surface area contributed by atoms with Crippen molar-refractivity contribution >= 4 is 5.97 Å². The van der Waals surface area contributed by atoms with Crippen molar-refractivity contribution in [3.05, 3.63) is 29.8 Å². The molecule has 0 radical (unpaired) electrons. The quantitative estimate of drug-likeness (QED) is 0.773. The van der Waals surface area contributed by atoms with Gasteiger partial charge in [0.1, 0.15) is 5.69 Å². The lowest BCUT2D eigenvalue weighted by Gasteiger charge is -1.98. The van der Waals surface area contributed by atoms with Crippen LogP contribution < -0.4 is 0 Å². The number of carboxylic acids is 1. The molecule has 0 fully saturated rings. The monoisotopic (exact) mass is 217 g/mol. The molecule has 16 heavy (non-hydrogen) atoms. The van der Waals surface area contributed by atoms with Crippen LogP contribution in [0, 0.1) is 6.92 Å². The second-order valence-corrected chi connectivity index (χ2v) is 3.01. The number of carboxylic acid groups (broad SMARTS) is 1. The fourth-order valence-electron chi connectivity index (χ4n) is 1.05. The summed E-state index contributed by atoms with van der Waals surface area (Å²) in [6.45, 7) is 1.68. The van der Waals surface area contributed by atoms with E-state index in [1.807, 2.05) is 0 Å². The van der Waals surface area contributed by atoms with Gasteiger partial charge < -0.3 is 5.11 Å². The first-order valence-electron chi connectivity index (χ1n) is 4.40. The Morgan fingerprint density at radius 2 is 1.88 bits per heavy atom. The van der Waals surface area contributed by atoms with Crippen LogP contribution in [0.3, 0.4) is 0 Å². The first-order valence-corrected chi connectivity index (χ1v) is 4.40. The Bertz CT molecular complexity index is 508. The van der Waals surface area contributed by atoms with Crippen molar-refractivity contribution in [2.45, 2.75) is 6.92 Å². The predicted molar refractivity (Wildman–Crippen MR) is 52.5 cm³/mol. The van der Waals surface area contributed by atoms with E-state index in [9.17, 15) is 4.79 Å². The maximum Gasteiger partial charge on any atom is 0.354 e. The van der Waals surface area contributed by atoms with Gasteiger partial charge in [-0.1, -0.05) is 0 Å². The van der Waals surface area contributed by atoms with Crippen LogP contribution in [0.4, 0.5) is 0 Å². The summed E-state index contributed by atoms with van der Waals surface area (Å²) in [7, 11) is 0. The van der Waals surface area contributed by atoms with Crippen molar-refractivity contribution in [2.75, 3.05) is 0 Å². The van der Waals surface area contributed by atoms with Crippen LogP contribution in [0.2, 0.25) is 0 Å². The third-order valence-corrected chi connectivity index (χ3v) is 1.82. The highest BCUT2D eigenvalue weighted by Crippen LogP contribution is 2.11. The van der Waals surface area contributed by atoms with E-state index in [0.29, 0.717) is 17.2 Å². The molecular formula is C9H7N5O2. The SMILES string of the molecule is Cc1nnc(-c2ccc(C(=O)O)nc2)nn1. The van der Waals surface area contributed by atoms with E-state index < -0.39 is 5.97 Å². The minimum Gasteiger partial charge on any atom is -0.477 e. The third-order valence-electron chi connectivity index (χ3n) is 1.82. The Morgan fingerprint density at radius 3 is 2.38 bits per heavy atom. The summed E-state index contributed by atoms with van der Waals surface area (Å²) >= 11 is 0. The molecule has 80 valence electrons. The fraction of sp³-hybridized carbons (Fsp3) is 0.111. The minimum atomic E-state index is -1.08. The van der Waals surface area contributed by atoms with Gasteiger partial charge in [0, 0.05) is 11.8 Å². The highest BCUT2D eigenvalue weighted by molar-refractivity contribution is 5.85. The minimum absolute atomic E-state index is 0.0308. The molecule has 0 aliphatic carbocycles. The highest BCUT2D eigenvalue weighted by atomic mass is 16.4. The van der Waals surface area contributed by atoms with Crippen molar-refractivity contribution in [3.8, 4) is 11.4 Å². The van der Waals surface area contributed by atoms with Crippen LogP contribution in [0.15, 0.2) is 18.3 Å². The Hall–Kier alpha value is -2.44. The molecule has 7 nitrogen and oxygen atoms in total. The molecule has 0 aromatic carbocycles. The van der Waals surface area contributed by atoms with Gasteiger partial charge in [0.25, 0.3) is 0 Å². The lowest BCUT2D eigenvalue weighted by atomic mass is 10.2. The van der Waals surface area contributed by atoms with E-state index in [4.69, 9.17) is 5.11 Å². The topological polar surface area (TPSA) is 102 Å². The fourth-order valence-corrected chi connectivity index (χ4v) is 1.05. The average Bonchev–Trinajstić information content (AvgIpc) is 2.30. The lowest BCUT2D eigenvalue weighted by molar-refractivity contribution is 0.0690. The molecule has 0 aliphatic heterocycles. The molecule has 0 saturated heterocycles. The normalized spacial score (nSPS) is 10.1. The zero-order valence-corrected chi connectivity index (χ0v) is 8.32. The standard InChI is InChI=1S/C9H7N5O2/c1-5-11-13-8(14-12-5)6-2-3-7(9(15)16)10-4-6/h2-4H,1H3,(H,15,16). The van der Waals surface area contributed by atoms with E-state index in [-0.39, 0.29) is 5.69 Å². The maximum absolute atomic E-state index is 10.6. The van der Waals surface area contributed by atoms with E-state index in [0.717, 1.165) is 0 Å². The Labute approximate surface area is 90.2 Å². The zero-order valence-electron chi connectivity index (χ0n) is 8.32. The summed E-state index contributed by atoms with van der Waals surface area (Å²) in [6, 6.07) is 2.94. The first kappa shape index (κ1) is 10.1. The number of hydrogen-bond donors (Lipinski definition) is 1. The van der Waals surface area contributed by atoms with E-state index in [1.54, 1.807) is 13.0 Å². The molecule has 0 atom stereocenters.